The van der Waals surface area contributed by atoms with Gasteiger partial charge in [-0.2, -0.15) is 0 Å². The summed E-state index contributed by atoms with van der Waals surface area (Å²) in [6.45, 7) is 19.6. The van der Waals surface area contributed by atoms with Crippen LogP contribution in [0.5, 0.6) is 23.0 Å². The Kier molecular flexibility index (Phi) is 14.5. The second-order valence-electron chi connectivity index (χ2n) is 11.4. The van der Waals surface area contributed by atoms with Crippen molar-refractivity contribution in [2.45, 2.75) is 34.1 Å². The van der Waals surface area contributed by atoms with Crippen molar-refractivity contribution in [3.05, 3.63) is 131 Å². The third kappa shape index (κ3) is 11.7. The minimum absolute atomic E-state index is 0.0359. The normalized spacial score (nSPS) is 9.87. The van der Waals surface area contributed by atoms with E-state index in [-0.39, 0.29) is 75.9 Å². The molecule has 0 amide bonds. The molecule has 0 unspecified atom stereocenters. The molecule has 3 rings (SSSR count). The van der Waals surface area contributed by atoms with Gasteiger partial charge in [0.05, 0.1) is 17.8 Å². The number of hydrogen-bond donors (Lipinski definition) is 0. The Morgan fingerprint density at radius 2 is 1.12 bits per heavy atom. The molecule has 266 valence electrons. The Labute approximate surface area is 302 Å². The first-order chi connectivity index (χ1) is 24.7. The fourth-order valence-electron chi connectivity index (χ4n) is 3.95. The third-order valence-electron chi connectivity index (χ3n) is 6.66. The largest absolute Gasteiger partial charge is 0.490 e. The smallest absolute Gasteiger partial charge is 0.338 e. The Morgan fingerprint density at radius 1 is 0.615 bits per heavy atom. The lowest BCUT2D eigenvalue weighted by Gasteiger charge is -2.17. The third-order valence-corrected chi connectivity index (χ3v) is 6.66. The van der Waals surface area contributed by atoms with Crippen molar-refractivity contribution in [2.75, 3.05) is 19.9 Å². The van der Waals surface area contributed by atoms with Crippen LogP contribution in [0.3, 0.4) is 0 Å². The highest BCUT2D eigenvalue weighted by Crippen LogP contribution is 2.36. The summed E-state index contributed by atoms with van der Waals surface area (Å²) in [5, 5.41) is 0. The molecule has 10 heteroatoms. The molecule has 9 nitrogen and oxygen atoms in total. The molecule has 0 heterocycles. The van der Waals surface area contributed by atoms with E-state index < -0.39 is 30.6 Å². The molecule has 0 atom stereocenters. The van der Waals surface area contributed by atoms with Gasteiger partial charge in [0.15, 0.2) is 5.75 Å². The minimum atomic E-state index is -0.880. The van der Waals surface area contributed by atoms with Crippen molar-refractivity contribution in [3.63, 3.8) is 0 Å². The fourth-order valence-corrected chi connectivity index (χ4v) is 3.95. The van der Waals surface area contributed by atoms with Crippen molar-refractivity contribution in [2.24, 2.45) is 0 Å². The van der Waals surface area contributed by atoms with Crippen molar-refractivity contribution in [1.82, 2.24) is 0 Å². The number of alkyl halides is 1. The first kappa shape index (κ1) is 39.8. The lowest BCUT2D eigenvalue weighted by atomic mass is 9.97. The van der Waals surface area contributed by atoms with E-state index in [2.05, 4.69) is 50.0 Å². The summed E-state index contributed by atoms with van der Waals surface area (Å²) in [6, 6.07) is 14.3. The standard InChI is InChI=1S/C42H37FO9/c1-26(2)39(44)49-24-23-48-33-16-10-31(11-17-33)14-20-35-36(21-22-43)38(52-42(47)29(7)8)32(25-37(35)51-41(46)28(5)6)15-9-30-12-18-34(19-13-30)50-40(45)27(3)4/h10-13,16-19,25H,1,3,5,7,21-24H2,2,4,6,8H3. The number of ether oxygens (including phenoxy) is 5. The second-order valence-corrected chi connectivity index (χ2v) is 11.4. The minimum Gasteiger partial charge on any atom is -0.490 e. The van der Waals surface area contributed by atoms with Gasteiger partial charge in [-0.1, -0.05) is 50.0 Å². The molecule has 3 aromatic rings. The molecule has 0 fully saturated rings. The Bertz CT molecular complexity index is 2050. The number of carbonyl (C=O) groups is 4. The molecule has 0 aliphatic carbocycles. The van der Waals surface area contributed by atoms with Crippen molar-refractivity contribution >= 4 is 23.9 Å². The Hall–Kier alpha value is -6.65. The van der Waals surface area contributed by atoms with E-state index in [1.165, 1.54) is 26.8 Å². The summed E-state index contributed by atoms with van der Waals surface area (Å²) in [5.74, 6) is 9.77. The lowest BCUT2D eigenvalue weighted by Crippen LogP contribution is -2.15. The van der Waals surface area contributed by atoms with Gasteiger partial charge in [-0.25, -0.2) is 19.2 Å². The molecule has 3 aromatic carbocycles. The zero-order valence-corrected chi connectivity index (χ0v) is 29.4. The van der Waals surface area contributed by atoms with E-state index in [1.54, 1.807) is 55.5 Å². The van der Waals surface area contributed by atoms with Crippen molar-refractivity contribution in [3.8, 4) is 46.7 Å². The van der Waals surface area contributed by atoms with Crippen LogP contribution in [0.1, 0.15) is 55.5 Å². The highest BCUT2D eigenvalue weighted by atomic mass is 19.1. The van der Waals surface area contributed by atoms with E-state index in [0.29, 0.717) is 16.9 Å². The van der Waals surface area contributed by atoms with Gasteiger partial charge < -0.3 is 23.7 Å². The number of esters is 4. The van der Waals surface area contributed by atoms with Crippen LogP contribution in [0.25, 0.3) is 0 Å². The van der Waals surface area contributed by atoms with Crippen LogP contribution >= 0.6 is 0 Å². The summed E-state index contributed by atoms with van der Waals surface area (Å²) in [6.07, 6.45) is -0.276. The molecule has 0 N–H and O–H groups in total. The van der Waals surface area contributed by atoms with Crippen LogP contribution in [-0.4, -0.2) is 43.8 Å². The highest BCUT2D eigenvalue weighted by Gasteiger charge is 2.23. The maximum atomic E-state index is 14.2. The zero-order valence-electron chi connectivity index (χ0n) is 29.4. The summed E-state index contributed by atoms with van der Waals surface area (Å²) >= 11 is 0. The molecule has 0 aliphatic rings. The lowest BCUT2D eigenvalue weighted by molar-refractivity contribution is -0.139. The van der Waals surface area contributed by atoms with Crippen LogP contribution in [0.15, 0.2) is 103 Å². The number of benzene rings is 3. The van der Waals surface area contributed by atoms with Gasteiger partial charge in [-0.15, -0.1) is 0 Å². The second kappa shape index (κ2) is 18.9. The van der Waals surface area contributed by atoms with E-state index in [4.69, 9.17) is 23.7 Å². The van der Waals surface area contributed by atoms with Crippen molar-refractivity contribution in [1.29, 1.82) is 0 Å². The predicted molar refractivity (Wildman–Crippen MR) is 194 cm³/mol. The number of halogens is 1. The topological polar surface area (TPSA) is 114 Å². The molecule has 52 heavy (non-hydrogen) atoms. The average Bonchev–Trinajstić information content (AvgIpc) is 3.10. The first-order valence-corrected chi connectivity index (χ1v) is 15.8. The Morgan fingerprint density at radius 3 is 1.65 bits per heavy atom. The van der Waals surface area contributed by atoms with Gasteiger partial charge in [-0.05, 0) is 76.2 Å². The first-order valence-electron chi connectivity index (χ1n) is 15.8. The average molecular weight is 705 g/mol. The predicted octanol–water partition coefficient (Wildman–Crippen LogP) is 6.94. The number of carbonyl (C=O) groups excluding carboxylic acids is 4. The molecule has 0 aromatic heterocycles. The van der Waals surface area contributed by atoms with Gasteiger partial charge >= 0.3 is 23.9 Å². The van der Waals surface area contributed by atoms with E-state index in [9.17, 15) is 23.6 Å². The van der Waals surface area contributed by atoms with Crippen LogP contribution < -0.4 is 18.9 Å². The monoisotopic (exact) mass is 704 g/mol. The van der Waals surface area contributed by atoms with Gasteiger partial charge in [-0.3, -0.25) is 4.39 Å². The molecular weight excluding hydrogens is 667 g/mol. The highest BCUT2D eigenvalue weighted by molar-refractivity contribution is 5.91. The zero-order chi connectivity index (χ0) is 38.4. The van der Waals surface area contributed by atoms with E-state index in [1.807, 2.05) is 0 Å². The van der Waals surface area contributed by atoms with Crippen molar-refractivity contribution < 1.29 is 47.3 Å². The van der Waals surface area contributed by atoms with Crippen LogP contribution in [-0.2, 0) is 30.3 Å². The maximum absolute atomic E-state index is 14.2. The molecule has 0 saturated carbocycles. The number of hydrogen-bond acceptors (Lipinski definition) is 9. The van der Waals surface area contributed by atoms with E-state index in [0.717, 1.165) is 0 Å². The summed E-state index contributed by atoms with van der Waals surface area (Å²) in [4.78, 5) is 49.0. The quantitative estimate of drug-likeness (QED) is 0.0614. The van der Waals surface area contributed by atoms with E-state index >= 15 is 0 Å². The van der Waals surface area contributed by atoms with Gasteiger partial charge in [0, 0.05) is 51.5 Å². The van der Waals surface area contributed by atoms with Crippen LogP contribution in [0.4, 0.5) is 4.39 Å². The van der Waals surface area contributed by atoms with Crippen LogP contribution in [0, 0.1) is 23.7 Å². The summed E-state index contributed by atoms with van der Waals surface area (Å²) in [5.41, 5.74) is 2.02. The van der Waals surface area contributed by atoms with Crippen LogP contribution in [0.2, 0.25) is 0 Å². The molecule has 0 radical (unpaired) electrons. The summed E-state index contributed by atoms with van der Waals surface area (Å²) < 4.78 is 41.4. The summed E-state index contributed by atoms with van der Waals surface area (Å²) in [7, 11) is 0. The Balaban J connectivity index is 2.10. The SMILES string of the molecule is C=C(C)C(=O)OCCOc1ccc(C#Cc2c(OC(=O)C(=C)C)cc(C#Cc3ccc(OC(=O)C(=C)C)cc3)c(OC(=O)C(=C)C)c2CCF)cc1. The molecule has 0 aliphatic heterocycles. The fraction of sp³-hybridized carbons (Fsp3) is 0.190. The molecule has 0 spiro atoms. The van der Waals surface area contributed by atoms with Gasteiger partial charge in [0.25, 0.3) is 0 Å². The van der Waals surface area contributed by atoms with Gasteiger partial charge in [0.2, 0.25) is 0 Å². The molecule has 0 saturated heterocycles. The van der Waals surface area contributed by atoms with Gasteiger partial charge in [0.1, 0.15) is 30.5 Å². The molecular formula is C42H37FO9. The molecule has 0 bridgehead atoms. The number of rotatable bonds is 13. The maximum Gasteiger partial charge on any atom is 0.338 e.